The van der Waals surface area contributed by atoms with Gasteiger partial charge in [-0.1, -0.05) is 28.9 Å². The van der Waals surface area contributed by atoms with Crippen molar-refractivity contribution in [2.75, 3.05) is 18.0 Å². The molecule has 0 amide bonds. The minimum absolute atomic E-state index is 0.0281. The van der Waals surface area contributed by atoms with Gasteiger partial charge in [0.1, 0.15) is 0 Å². The average molecular weight is 313 g/mol. The number of aliphatic hydroxyl groups excluding tert-OH is 1. The van der Waals surface area contributed by atoms with Crippen molar-refractivity contribution in [3.05, 3.63) is 28.2 Å². The van der Waals surface area contributed by atoms with Crippen LogP contribution in [0.4, 0.5) is 5.69 Å². The quantitative estimate of drug-likeness (QED) is 0.882. The molecule has 3 atom stereocenters. The van der Waals surface area contributed by atoms with Gasteiger partial charge >= 0.3 is 0 Å². The van der Waals surface area contributed by atoms with E-state index in [4.69, 9.17) is 5.73 Å². The number of nitrogens with zero attached hydrogens (tertiary/aromatic N) is 1. The Morgan fingerprint density at radius 3 is 2.78 bits per heavy atom. The van der Waals surface area contributed by atoms with E-state index in [-0.39, 0.29) is 12.1 Å². The van der Waals surface area contributed by atoms with Crippen molar-refractivity contribution in [3.63, 3.8) is 0 Å². The van der Waals surface area contributed by atoms with Crippen LogP contribution in [0, 0.1) is 5.92 Å². The molecule has 0 bridgehead atoms. The van der Waals surface area contributed by atoms with Crippen LogP contribution < -0.4 is 10.6 Å². The Hall–Kier alpha value is -0.580. The zero-order valence-corrected chi connectivity index (χ0v) is 12.5. The van der Waals surface area contributed by atoms with E-state index in [1.807, 2.05) is 6.92 Å². The van der Waals surface area contributed by atoms with E-state index in [1.54, 1.807) is 0 Å². The van der Waals surface area contributed by atoms with Gasteiger partial charge in [0.25, 0.3) is 0 Å². The summed E-state index contributed by atoms with van der Waals surface area (Å²) >= 11 is 3.57. The lowest BCUT2D eigenvalue weighted by Gasteiger charge is -2.36. The highest BCUT2D eigenvalue weighted by molar-refractivity contribution is 9.10. The van der Waals surface area contributed by atoms with Crippen molar-refractivity contribution in [3.8, 4) is 0 Å². The fourth-order valence-corrected chi connectivity index (χ4v) is 3.09. The highest BCUT2D eigenvalue weighted by Crippen LogP contribution is 2.29. The summed E-state index contributed by atoms with van der Waals surface area (Å²) in [4.78, 5) is 2.24. The fourth-order valence-electron chi connectivity index (χ4n) is 2.37. The van der Waals surface area contributed by atoms with E-state index in [2.05, 4.69) is 46.0 Å². The van der Waals surface area contributed by atoms with Crippen molar-refractivity contribution in [2.24, 2.45) is 11.7 Å². The molecule has 2 rings (SSSR count). The summed E-state index contributed by atoms with van der Waals surface area (Å²) in [6, 6.07) is 6.28. The molecule has 0 aliphatic carbocycles. The summed E-state index contributed by atoms with van der Waals surface area (Å²) in [5.74, 6) is 0.396. The van der Waals surface area contributed by atoms with Crippen molar-refractivity contribution >= 4 is 21.6 Å². The van der Waals surface area contributed by atoms with Crippen molar-refractivity contribution in [1.29, 1.82) is 0 Å². The fraction of sp³-hybridized carbons (Fsp3) is 0.571. The predicted octanol–water partition coefficient (Wildman–Crippen LogP) is 2.68. The number of aliphatic hydroxyl groups is 1. The smallest absolute Gasteiger partial charge is 0.0741 e. The molecular formula is C14H21BrN2O. The minimum Gasteiger partial charge on any atom is -0.391 e. The van der Waals surface area contributed by atoms with E-state index in [1.165, 1.54) is 0 Å². The minimum atomic E-state index is -0.231. The number of rotatable bonds is 2. The first kappa shape index (κ1) is 13.8. The first-order chi connectivity index (χ1) is 8.49. The Morgan fingerprint density at radius 2 is 2.22 bits per heavy atom. The molecule has 18 heavy (non-hydrogen) atoms. The van der Waals surface area contributed by atoms with E-state index in [0.29, 0.717) is 12.5 Å². The molecule has 1 fully saturated rings. The molecule has 100 valence electrons. The van der Waals surface area contributed by atoms with Gasteiger partial charge in [-0.25, -0.2) is 0 Å². The number of hydrogen-bond donors (Lipinski definition) is 2. The largest absolute Gasteiger partial charge is 0.391 e. The first-order valence-electron chi connectivity index (χ1n) is 6.47. The van der Waals surface area contributed by atoms with Gasteiger partial charge in [-0.3, -0.25) is 0 Å². The third-order valence-corrected chi connectivity index (χ3v) is 4.45. The summed E-state index contributed by atoms with van der Waals surface area (Å²) in [5, 5.41) is 9.95. The molecule has 1 aromatic rings. The molecule has 0 saturated carbocycles. The molecule has 1 aliphatic heterocycles. The molecule has 1 saturated heterocycles. The Labute approximate surface area is 117 Å². The topological polar surface area (TPSA) is 49.5 Å². The molecule has 2 unspecified atom stereocenters. The molecule has 3 nitrogen and oxygen atoms in total. The zero-order valence-electron chi connectivity index (χ0n) is 10.9. The van der Waals surface area contributed by atoms with Gasteiger partial charge in [0.15, 0.2) is 0 Å². The normalized spacial score (nSPS) is 26.2. The van der Waals surface area contributed by atoms with Gasteiger partial charge in [0, 0.05) is 29.3 Å². The van der Waals surface area contributed by atoms with Crippen LogP contribution in [0.3, 0.4) is 0 Å². The first-order valence-corrected chi connectivity index (χ1v) is 7.26. The molecular weight excluding hydrogens is 292 g/mol. The van der Waals surface area contributed by atoms with Crippen LogP contribution in [0.1, 0.15) is 31.9 Å². The summed E-state index contributed by atoms with van der Waals surface area (Å²) in [6.45, 7) is 5.80. The Morgan fingerprint density at radius 1 is 1.50 bits per heavy atom. The van der Waals surface area contributed by atoms with Crippen LogP contribution in [-0.2, 0) is 0 Å². The molecule has 1 aromatic carbocycles. The Kier molecular flexibility index (Phi) is 4.30. The van der Waals surface area contributed by atoms with Crippen LogP contribution in [-0.4, -0.2) is 24.3 Å². The summed E-state index contributed by atoms with van der Waals surface area (Å²) in [6.07, 6.45) is 0.805. The van der Waals surface area contributed by atoms with Crippen LogP contribution >= 0.6 is 15.9 Å². The Balaban J connectivity index is 2.17. The number of β-amino-alcohol motifs (C(OH)–C–C–N with tert-alkyl or cyclic N) is 1. The van der Waals surface area contributed by atoms with E-state index < -0.39 is 0 Å². The van der Waals surface area contributed by atoms with Crippen LogP contribution in [0.15, 0.2) is 22.7 Å². The lowest BCUT2D eigenvalue weighted by Crippen LogP contribution is -2.42. The lowest BCUT2D eigenvalue weighted by molar-refractivity contribution is 0.103. The summed E-state index contributed by atoms with van der Waals surface area (Å²) in [7, 11) is 0. The van der Waals surface area contributed by atoms with Gasteiger partial charge in [0.05, 0.1) is 6.10 Å². The SMILES string of the molecule is CC1CCN(c2ccc([C@@H](C)N)c(Br)c2)CC1O. The number of piperidine rings is 1. The second-order valence-corrected chi connectivity index (χ2v) is 6.13. The predicted molar refractivity (Wildman–Crippen MR) is 78.7 cm³/mol. The van der Waals surface area contributed by atoms with E-state index >= 15 is 0 Å². The van der Waals surface area contributed by atoms with Crippen molar-refractivity contribution in [2.45, 2.75) is 32.4 Å². The number of halogens is 1. The van der Waals surface area contributed by atoms with Crippen LogP contribution in [0.2, 0.25) is 0 Å². The molecule has 1 heterocycles. The standard InChI is InChI=1S/C14H21BrN2O/c1-9-5-6-17(8-14(9)18)11-3-4-12(10(2)16)13(15)7-11/h3-4,7,9-10,14,18H,5-6,8,16H2,1-2H3/t9?,10-,14?/m1/s1. The molecule has 1 aliphatic rings. The molecule has 4 heteroatoms. The highest BCUT2D eigenvalue weighted by atomic mass is 79.9. The number of hydrogen-bond acceptors (Lipinski definition) is 3. The van der Waals surface area contributed by atoms with Gasteiger partial charge in [-0.05, 0) is 37.0 Å². The number of nitrogens with two attached hydrogens (primary N) is 1. The van der Waals surface area contributed by atoms with Gasteiger partial charge in [0.2, 0.25) is 0 Å². The second-order valence-electron chi connectivity index (χ2n) is 5.27. The van der Waals surface area contributed by atoms with Crippen LogP contribution in [0.25, 0.3) is 0 Å². The lowest BCUT2D eigenvalue weighted by atomic mass is 9.95. The summed E-state index contributed by atoms with van der Waals surface area (Å²) in [5.41, 5.74) is 8.17. The molecule has 0 spiro atoms. The van der Waals surface area contributed by atoms with Crippen LogP contribution in [0.5, 0.6) is 0 Å². The zero-order chi connectivity index (χ0) is 13.3. The maximum absolute atomic E-state index is 9.95. The highest BCUT2D eigenvalue weighted by Gasteiger charge is 2.24. The summed E-state index contributed by atoms with van der Waals surface area (Å²) < 4.78 is 1.04. The molecule has 0 aromatic heterocycles. The number of anilines is 1. The van der Waals surface area contributed by atoms with E-state index in [9.17, 15) is 5.11 Å². The van der Waals surface area contributed by atoms with Crippen molar-refractivity contribution in [1.82, 2.24) is 0 Å². The second kappa shape index (κ2) is 5.59. The molecule has 0 radical (unpaired) electrons. The maximum Gasteiger partial charge on any atom is 0.0741 e. The third kappa shape index (κ3) is 2.87. The number of benzene rings is 1. The maximum atomic E-state index is 9.95. The van der Waals surface area contributed by atoms with Crippen molar-refractivity contribution < 1.29 is 5.11 Å². The van der Waals surface area contributed by atoms with Gasteiger partial charge < -0.3 is 15.7 Å². The third-order valence-electron chi connectivity index (χ3n) is 3.76. The van der Waals surface area contributed by atoms with Gasteiger partial charge in [-0.15, -0.1) is 0 Å². The average Bonchev–Trinajstić information content (AvgIpc) is 2.32. The van der Waals surface area contributed by atoms with E-state index in [0.717, 1.165) is 28.7 Å². The monoisotopic (exact) mass is 312 g/mol. The van der Waals surface area contributed by atoms with Gasteiger partial charge in [-0.2, -0.15) is 0 Å². The molecule has 3 N–H and O–H groups in total. The Bertz CT molecular complexity index is 422.